The lowest BCUT2D eigenvalue weighted by atomic mass is 9.78. The molecule has 36 heavy (non-hydrogen) atoms. The second-order valence-corrected chi connectivity index (χ2v) is 10.9. The summed E-state index contributed by atoms with van der Waals surface area (Å²) in [7, 11) is 0. The molecular weight excluding hydrogens is 483 g/mol. The van der Waals surface area contributed by atoms with Crippen LogP contribution in [0.3, 0.4) is 0 Å². The second-order valence-electron chi connectivity index (χ2n) is 10.5. The number of aromatic nitrogens is 3. The molecule has 0 saturated carbocycles. The zero-order valence-electron chi connectivity index (χ0n) is 20.5. The molecule has 3 heterocycles. The molecule has 2 saturated heterocycles. The van der Waals surface area contributed by atoms with Gasteiger partial charge in [-0.25, -0.2) is 9.18 Å². The number of carbonyl (C=O) groups is 1. The van der Waals surface area contributed by atoms with Crippen molar-refractivity contribution in [1.82, 2.24) is 19.2 Å². The molecule has 0 N–H and O–H groups in total. The Bertz CT molecular complexity index is 1320. The van der Waals surface area contributed by atoms with Crippen molar-refractivity contribution >= 4 is 17.4 Å². The minimum absolute atomic E-state index is 0.0716. The molecular formula is C27H30ClFN4O3. The molecule has 0 aliphatic carbocycles. The third kappa shape index (κ3) is 5.03. The molecule has 2 fully saturated rings. The Labute approximate surface area is 214 Å². The number of ether oxygens (including phenoxy) is 1. The van der Waals surface area contributed by atoms with E-state index in [0.29, 0.717) is 23.1 Å². The number of halogens is 2. The van der Waals surface area contributed by atoms with E-state index in [0.717, 1.165) is 39.3 Å². The SMILES string of the molecule is CC(C)CC(=O)Cn1c(-c2ccc(F)c(Cl)c2)nn(-c2ccc(CCN3CC4(COC4)C3)cc2)c1=O. The van der Waals surface area contributed by atoms with E-state index in [1.807, 2.05) is 38.1 Å². The Balaban J connectivity index is 1.37. The minimum Gasteiger partial charge on any atom is -0.380 e. The van der Waals surface area contributed by atoms with Gasteiger partial charge in [-0.05, 0) is 48.2 Å². The highest BCUT2D eigenvalue weighted by Gasteiger charge is 2.48. The normalized spacial score (nSPS) is 16.8. The van der Waals surface area contributed by atoms with Crippen molar-refractivity contribution < 1.29 is 13.9 Å². The predicted molar refractivity (Wildman–Crippen MR) is 136 cm³/mol. The Kier molecular flexibility index (Phi) is 6.85. The van der Waals surface area contributed by atoms with E-state index in [9.17, 15) is 14.0 Å². The maximum absolute atomic E-state index is 13.8. The summed E-state index contributed by atoms with van der Waals surface area (Å²) in [5.41, 5.74) is 2.23. The van der Waals surface area contributed by atoms with Crippen LogP contribution in [0.15, 0.2) is 47.3 Å². The summed E-state index contributed by atoms with van der Waals surface area (Å²) in [6.07, 6.45) is 1.27. The van der Waals surface area contributed by atoms with Gasteiger partial charge in [-0.1, -0.05) is 37.6 Å². The Morgan fingerprint density at radius 3 is 2.50 bits per heavy atom. The lowest BCUT2D eigenvalue weighted by Crippen LogP contribution is -2.66. The first kappa shape index (κ1) is 24.9. The Hall–Kier alpha value is -2.81. The number of benzene rings is 2. The Morgan fingerprint density at radius 2 is 1.89 bits per heavy atom. The van der Waals surface area contributed by atoms with E-state index in [1.54, 1.807) is 0 Å². The molecule has 2 aliphatic rings. The summed E-state index contributed by atoms with van der Waals surface area (Å²) >= 11 is 5.99. The molecule has 2 aromatic carbocycles. The van der Waals surface area contributed by atoms with Gasteiger partial charge in [-0.3, -0.25) is 9.36 Å². The average Bonchev–Trinajstić information content (AvgIpc) is 3.09. The Morgan fingerprint density at radius 1 is 1.17 bits per heavy atom. The predicted octanol–water partition coefficient (Wildman–Crippen LogP) is 3.98. The average molecular weight is 513 g/mol. The first-order valence-electron chi connectivity index (χ1n) is 12.3. The highest BCUT2D eigenvalue weighted by Crippen LogP contribution is 2.37. The van der Waals surface area contributed by atoms with Gasteiger partial charge in [0.1, 0.15) is 5.82 Å². The van der Waals surface area contributed by atoms with Crippen LogP contribution in [-0.4, -0.2) is 57.9 Å². The van der Waals surface area contributed by atoms with Crippen LogP contribution in [0.1, 0.15) is 25.8 Å². The summed E-state index contributed by atoms with van der Waals surface area (Å²) in [4.78, 5) is 28.4. The van der Waals surface area contributed by atoms with E-state index < -0.39 is 11.5 Å². The zero-order valence-corrected chi connectivity index (χ0v) is 21.3. The van der Waals surface area contributed by atoms with Crippen LogP contribution >= 0.6 is 11.6 Å². The molecule has 0 amide bonds. The zero-order chi connectivity index (χ0) is 25.4. The third-order valence-corrected chi connectivity index (χ3v) is 7.13. The number of Topliss-reactive ketones (excluding diaryl/α,β-unsaturated/α-hetero) is 1. The fourth-order valence-electron chi connectivity index (χ4n) is 4.98. The molecule has 190 valence electrons. The minimum atomic E-state index is -0.561. The lowest BCUT2D eigenvalue weighted by Gasteiger charge is -2.55. The van der Waals surface area contributed by atoms with Crippen LogP contribution in [0.2, 0.25) is 5.02 Å². The van der Waals surface area contributed by atoms with E-state index in [2.05, 4.69) is 10.00 Å². The van der Waals surface area contributed by atoms with Crippen molar-refractivity contribution in [3.63, 3.8) is 0 Å². The first-order chi connectivity index (χ1) is 17.2. The van der Waals surface area contributed by atoms with Gasteiger partial charge in [0.15, 0.2) is 11.6 Å². The van der Waals surface area contributed by atoms with Gasteiger partial charge < -0.3 is 9.64 Å². The number of hydrogen-bond acceptors (Lipinski definition) is 5. The molecule has 7 nitrogen and oxygen atoms in total. The van der Waals surface area contributed by atoms with E-state index in [4.69, 9.17) is 16.3 Å². The number of hydrogen-bond donors (Lipinski definition) is 0. The molecule has 3 aromatic rings. The fourth-order valence-corrected chi connectivity index (χ4v) is 5.16. The largest absolute Gasteiger partial charge is 0.380 e. The molecule has 0 atom stereocenters. The van der Waals surface area contributed by atoms with E-state index in [-0.39, 0.29) is 29.1 Å². The molecule has 0 radical (unpaired) electrons. The number of nitrogens with zero attached hydrogens (tertiary/aromatic N) is 4. The highest BCUT2D eigenvalue weighted by molar-refractivity contribution is 6.31. The lowest BCUT2D eigenvalue weighted by molar-refractivity contribution is -0.188. The second kappa shape index (κ2) is 9.92. The molecule has 9 heteroatoms. The number of rotatable bonds is 9. The standard InChI is InChI=1S/C27H30ClFN4O3/c1-18(2)11-22(34)13-32-25(20-5-8-24(29)23(28)12-20)30-33(26(32)35)21-6-3-19(4-7-21)9-10-31-14-27(15-31)16-36-17-27/h3-8,12,18H,9-11,13-17H2,1-2H3. The maximum atomic E-state index is 13.8. The maximum Gasteiger partial charge on any atom is 0.351 e. The van der Waals surface area contributed by atoms with Crippen molar-refractivity contribution in [2.45, 2.75) is 33.2 Å². The van der Waals surface area contributed by atoms with Crippen LogP contribution in [0.25, 0.3) is 17.1 Å². The van der Waals surface area contributed by atoms with Crippen LogP contribution in [0, 0.1) is 17.2 Å². The molecule has 0 unspecified atom stereocenters. The van der Waals surface area contributed by atoms with Crippen molar-refractivity contribution in [3.8, 4) is 17.1 Å². The van der Waals surface area contributed by atoms with Crippen molar-refractivity contribution in [3.05, 3.63) is 69.4 Å². The van der Waals surface area contributed by atoms with E-state index >= 15 is 0 Å². The fraction of sp³-hybridized carbons (Fsp3) is 0.444. The van der Waals surface area contributed by atoms with Gasteiger partial charge in [0, 0.05) is 37.0 Å². The number of likely N-dealkylation sites (tertiary alicyclic amines) is 1. The van der Waals surface area contributed by atoms with Crippen LogP contribution in [-0.2, 0) is 22.5 Å². The smallest absolute Gasteiger partial charge is 0.351 e. The van der Waals surface area contributed by atoms with Gasteiger partial charge >= 0.3 is 5.69 Å². The van der Waals surface area contributed by atoms with E-state index in [1.165, 1.54) is 33.0 Å². The van der Waals surface area contributed by atoms with Crippen molar-refractivity contribution in [1.29, 1.82) is 0 Å². The summed E-state index contributed by atoms with van der Waals surface area (Å²) in [5, 5.41) is 4.45. The topological polar surface area (TPSA) is 69.4 Å². The summed E-state index contributed by atoms with van der Waals surface area (Å²) in [6.45, 7) is 8.75. The summed E-state index contributed by atoms with van der Waals surface area (Å²) in [5.74, 6) is -0.189. The quantitative estimate of drug-likeness (QED) is 0.434. The molecule has 5 rings (SSSR count). The number of carbonyl (C=O) groups excluding carboxylic acids is 1. The monoisotopic (exact) mass is 512 g/mol. The van der Waals surface area contributed by atoms with Crippen LogP contribution < -0.4 is 5.69 Å². The summed E-state index contributed by atoms with van der Waals surface area (Å²) < 4.78 is 21.7. The van der Waals surface area contributed by atoms with Gasteiger partial charge in [0.2, 0.25) is 0 Å². The van der Waals surface area contributed by atoms with Crippen LogP contribution in [0.4, 0.5) is 4.39 Å². The van der Waals surface area contributed by atoms with Gasteiger partial charge in [-0.15, -0.1) is 5.10 Å². The molecule has 0 bridgehead atoms. The summed E-state index contributed by atoms with van der Waals surface area (Å²) in [6, 6.07) is 11.9. The van der Waals surface area contributed by atoms with Gasteiger partial charge in [-0.2, -0.15) is 4.68 Å². The molecule has 1 aromatic heterocycles. The number of ketones is 1. The molecule has 1 spiro atoms. The van der Waals surface area contributed by atoms with Crippen molar-refractivity contribution in [2.75, 3.05) is 32.8 Å². The van der Waals surface area contributed by atoms with Gasteiger partial charge in [0.25, 0.3) is 0 Å². The molecule has 2 aliphatic heterocycles. The first-order valence-corrected chi connectivity index (χ1v) is 12.7. The third-order valence-electron chi connectivity index (χ3n) is 6.84. The highest BCUT2D eigenvalue weighted by atomic mass is 35.5. The van der Waals surface area contributed by atoms with Crippen molar-refractivity contribution in [2.24, 2.45) is 11.3 Å². The van der Waals surface area contributed by atoms with Crippen LogP contribution in [0.5, 0.6) is 0 Å². The van der Waals surface area contributed by atoms with Gasteiger partial charge in [0.05, 0.1) is 30.5 Å².